The van der Waals surface area contributed by atoms with Crippen molar-refractivity contribution in [2.24, 2.45) is 16.7 Å². The molecule has 0 atom stereocenters. The number of alkyl halides is 3. The molecule has 0 amide bonds. The summed E-state index contributed by atoms with van der Waals surface area (Å²) in [7, 11) is 0. The van der Waals surface area contributed by atoms with Crippen LogP contribution in [0.2, 0.25) is 0 Å². The van der Waals surface area contributed by atoms with Gasteiger partial charge in [-0.15, -0.1) is 0 Å². The molecule has 1 spiro atoms. The highest BCUT2D eigenvalue weighted by Gasteiger charge is 2.63. The van der Waals surface area contributed by atoms with E-state index in [1.54, 1.807) is 6.20 Å². The van der Waals surface area contributed by atoms with E-state index in [1.165, 1.54) is 19.0 Å². The fourth-order valence-corrected chi connectivity index (χ4v) is 3.98. The number of nitrogens with zero attached hydrogens (tertiary/aromatic N) is 2. The molecule has 2 heterocycles. The van der Waals surface area contributed by atoms with Crippen LogP contribution in [-0.2, 0) is 6.42 Å². The van der Waals surface area contributed by atoms with Crippen molar-refractivity contribution < 1.29 is 13.2 Å². The molecule has 1 aliphatic heterocycles. The number of halogens is 3. The Balaban J connectivity index is 1.38. The van der Waals surface area contributed by atoms with Crippen molar-refractivity contribution in [2.75, 3.05) is 25.0 Å². The van der Waals surface area contributed by atoms with Crippen LogP contribution in [0, 0.1) is 16.7 Å². The molecule has 4 nitrogen and oxygen atoms in total. The molecule has 3 fully saturated rings. The SMILES string of the molecule is FC(F)(F)C1(CNc2nccnc2CC2CC3(CNC3)C2)CC1. The normalized spacial score (nSPS) is 24.8. The van der Waals surface area contributed by atoms with E-state index >= 15 is 0 Å². The number of hydrogen-bond acceptors (Lipinski definition) is 4. The third kappa shape index (κ3) is 2.69. The molecule has 1 saturated heterocycles. The van der Waals surface area contributed by atoms with Crippen molar-refractivity contribution in [3.8, 4) is 0 Å². The first kappa shape index (κ1) is 15.2. The summed E-state index contributed by atoms with van der Waals surface area (Å²) in [5.41, 5.74) is -0.257. The van der Waals surface area contributed by atoms with Gasteiger partial charge in [0.05, 0.1) is 11.1 Å². The van der Waals surface area contributed by atoms with Gasteiger partial charge in [0, 0.05) is 32.0 Å². The molecule has 126 valence electrons. The molecule has 0 aromatic carbocycles. The predicted molar refractivity (Wildman–Crippen MR) is 80.0 cm³/mol. The average Bonchev–Trinajstić information content (AvgIpc) is 3.19. The van der Waals surface area contributed by atoms with Gasteiger partial charge in [-0.3, -0.25) is 4.98 Å². The van der Waals surface area contributed by atoms with Crippen LogP contribution >= 0.6 is 0 Å². The van der Waals surface area contributed by atoms with Gasteiger partial charge in [-0.05, 0) is 43.4 Å². The van der Waals surface area contributed by atoms with Crippen LogP contribution in [0.5, 0.6) is 0 Å². The molecule has 0 unspecified atom stereocenters. The highest BCUT2D eigenvalue weighted by Crippen LogP contribution is 2.57. The van der Waals surface area contributed by atoms with Gasteiger partial charge in [0.25, 0.3) is 0 Å². The van der Waals surface area contributed by atoms with E-state index in [2.05, 4.69) is 20.6 Å². The minimum absolute atomic E-state index is 0.0965. The lowest BCUT2D eigenvalue weighted by Crippen LogP contribution is -2.60. The summed E-state index contributed by atoms with van der Waals surface area (Å²) >= 11 is 0. The minimum atomic E-state index is -4.14. The number of nitrogens with one attached hydrogen (secondary N) is 2. The molecule has 1 aromatic rings. The Kier molecular flexibility index (Phi) is 3.34. The van der Waals surface area contributed by atoms with Gasteiger partial charge in [0.2, 0.25) is 0 Å². The van der Waals surface area contributed by atoms with Crippen molar-refractivity contribution in [1.29, 1.82) is 0 Å². The number of rotatable bonds is 5. The van der Waals surface area contributed by atoms with Crippen molar-refractivity contribution in [3.05, 3.63) is 18.1 Å². The fourth-order valence-electron chi connectivity index (χ4n) is 3.98. The highest BCUT2D eigenvalue weighted by atomic mass is 19.4. The van der Waals surface area contributed by atoms with Crippen molar-refractivity contribution in [1.82, 2.24) is 15.3 Å². The fraction of sp³-hybridized carbons (Fsp3) is 0.750. The molecule has 2 saturated carbocycles. The molecule has 7 heteroatoms. The number of hydrogen-bond donors (Lipinski definition) is 2. The maximum Gasteiger partial charge on any atom is 0.396 e. The average molecular weight is 326 g/mol. The molecule has 23 heavy (non-hydrogen) atoms. The van der Waals surface area contributed by atoms with Crippen molar-refractivity contribution >= 4 is 5.82 Å². The molecule has 2 aliphatic carbocycles. The monoisotopic (exact) mass is 326 g/mol. The Hall–Kier alpha value is -1.37. The Morgan fingerprint density at radius 2 is 1.87 bits per heavy atom. The Labute approximate surface area is 133 Å². The molecule has 0 bridgehead atoms. The number of anilines is 1. The van der Waals surface area contributed by atoms with Crippen LogP contribution in [-0.4, -0.2) is 35.8 Å². The second-order valence-corrected chi connectivity index (χ2v) is 7.57. The van der Waals surface area contributed by atoms with E-state index in [0.717, 1.165) is 25.2 Å². The first-order valence-corrected chi connectivity index (χ1v) is 8.23. The third-order valence-corrected chi connectivity index (χ3v) is 5.75. The smallest absolute Gasteiger partial charge is 0.368 e. The largest absolute Gasteiger partial charge is 0.396 e. The molecule has 4 rings (SSSR count). The van der Waals surface area contributed by atoms with E-state index in [-0.39, 0.29) is 19.4 Å². The summed E-state index contributed by atoms with van der Waals surface area (Å²) in [6, 6.07) is 0. The van der Waals surface area contributed by atoms with Gasteiger partial charge >= 0.3 is 6.18 Å². The van der Waals surface area contributed by atoms with E-state index in [9.17, 15) is 13.2 Å². The van der Waals surface area contributed by atoms with Crippen LogP contribution < -0.4 is 10.6 Å². The third-order valence-electron chi connectivity index (χ3n) is 5.75. The van der Waals surface area contributed by atoms with Crippen LogP contribution in [0.25, 0.3) is 0 Å². The molecule has 0 radical (unpaired) electrons. The van der Waals surface area contributed by atoms with Gasteiger partial charge < -0.3 is 10.6 Å². The number of aromatic nitrogens is 2. The zero-order valence-corrected chi connectivity index (χ0v) is 12.9. The molecule has 2 N–H and O–H groups in total. The summed E-state index contributed by atoms with van der Waals surface area (Å²) in [5, 5.41) is 6.23. The van der Waals surface area contributed by atoms with E-state index < -0.39 is 11.6 Å². The van der Waals surface area contributed by atoms with Crippen molar-refractivity contribution in [2.45, 2.75) is 38.3 Å². The van der Waals surface area contributed by atoms with Crippen LogP contribution in [0.3, 0.4) is 0 Å². The quantitative estimate of drug-likeness (QED) is 0.874. The lowest BCUT2D eigenvalue weighted by atomic mass is 9.57. The van der Waals surface area contributed by atoms with Gasteiger partial charge in [-0.1, -0.05) is 0 Å². The standard InChI is InChI=1S/C16H21F3N4/c17-16(18,19)15(1-2-15)10-23-13-12(21-3-4-22-13)5-11-6-14(7-11)8-20-9-14/h3-4,11,20H,1-2,5-10H2,(H,22,23). The van der Waals surface area contributed by atoms with E-state index in [0.29, 0.717) is 17.2 Å². The van der Waals surface area contributed by atoms with Crippen LogP contribution in [0.4, 0.5) is 19.0 Å². The van der Waals surface area contributed by atoms with Crippen LogP contribution in [0.1, 0.15) is 31.4 Å². The summed E-state index contributed by atoms with van der Waals surface area (Å²) < 4.78 is 39.1. The Bertz CT molecular complexity index is 585. The van der Waals surface area contributed by atoms with Gasteiger partial charge in [0.1, 0.15) is 5.82 Å². The van der Waals surface area contributed by atoms with E-state index in [4.69, 9.17) is 0 Å². The zero-order valence-electron chi connectivity index (χ0n) is 12.9. The zero-order chi connectivity index (χ0) is 16.1. The first-order chi connectivity index (χ1) is 10.9. The molecular weight excluding hydrogens is 305 g/mol. The lowest BCUT2D eigenvalue weighted by molar-refractivity contribution is -0.182. The first-order valence-electron chi connectivity index (χ1n) is 8.23. The highest BCUT2D eigenvalue weighted by molar-refractivity contribution is 5.40. The Morgan fingerprint density at radius 3 is 2.43 bits per heavy atom. The lowest BCUT2D eigenvalue weighted by Gasteiger charge is -2.54. The molecule has 3 aliphatic rings. The molecule has 1 aromatic heterocycles. The maximum absolute atomic E-state index is 13.0. The van der Waals surface area contributed by atoms with Gasteiger partial charge in [-0.2, -0.15) is 13.2 Å². The van der Waals surface area contributed by atoms with Crippen molar-refractivity contribution in [3.63, 3.8) is 0 Å². The summed E-state index contributed by atoms with van der Waals surface area (Å²) in [6.07, 6.45) is 2.60. The van der Waals surface area contributed by atoms with Gasteiger partial charge in [0.15, 0.2) is 0 Å². The van der Waals surface area contributed by atoms with Gasteiger partial charge in [-0.25, -0.2) is 4.98 Å². The van der Waals surface area contributed by atoms with E-state index in [1.807, 2.05) is 0 Å². The summed E-state index contributed by atoms with van der Waals surface area (Å²) in [6.45, 7) is 2.10. The maximum atomic E-state index is 13.0. The van der Waals surface area contributed by atoms with Crippen LogP contribution in [0.15, 0.2) is 12.4 Å². The Morgan fingerprint density at radius 1 is 1.17 bits per heavy atom. The predicted octanol–water partition coefficient (Wildman–Crippen LogP) is 2.77. The topological polar surface area (TPSA) is 49.8 Å². The second kappa shape index (κ2) is 5.06. The summed E-state index contributed by atoms with van der Waals surface area (Å²) in [4.78, 5) is 8.57. The minimum Gasteiger partial charge on any atom is -0.368 e. The summed E-state index contributed by atoms with van der Waals surface area (Å²) in [5.74, 6) is 1.10. The second-order valence-electron chi connectivity index (χ2n) is 7.57. The molecular formula is C16H21F3N4.